The maximum Gasteiger partial charge on any atom is 0.134 e. The van der Waals surface area contributed by atoms with Crippen LogP contribution < -0.4 is 10.2 Å². The van der Waals surface area contributed by atoms with E-state index in [1.165, 1.54) is 31.2 Å². The average Bonchev–Trinajstić information content (AvgIpc) is 2.67. The first-order chi connectivity index (χ1) is 12.7. The highest BCUT2D eigenvalue weighted by Gasteiger charge is 2.08. The molecule has 2 aromatic rings. The Morgan fingerprint density at radius 1 is 1.12 bits per heavy atom. The van der Waals surface area contributed by atoms with Crippen molar-refractivity contribution >= 4 is 11.6 Å². The minimum absolute atomic E-state index is 0.803. The molecule has 26 heavy (non-hydrogen) atoms. The number of allylic oxidation sites excluding steroid dienone is 1. The first-order valence-electron chi connectivity index (χ1n) is 9.58. The Morgan fingerprint density at radius 3 is 2.73 bits per heavy atom. The third kappa shape index (κ3) is 5.55. The molecule has 0 unspecified atom stereocenters. The molecule has 0 aromatic carbocycles. The number of aromatic nitrogens is 3. The Bertz CT molecular complexity index is 726. The van der Waals surface area contributed by atoms with Gasteiger partial charge in [0.25, 0.3) is 0 Å². The molecule has 0 radical (unpaired) electrons. The van der Waals surface area contributed by atoms with E-state index in [4.69, 9.17) is 0 Å². The number of hydrogen-bond donors (Lipinski definition) is 1. The zero-order valence-corrected chi connectivity index (χ0v) is 15.9. The summed E-state index contributed by atoms with van der Waals surface area (Å²) < 4.78 is 0. The molecular weight excluding hydrogens is 322 g/mol. The Balaban J connectivity index is 1.55. The van der Waals surface area contributed by atoms with E-state index >= 15 is 0 Å². The molecule has 0 atom stereocenters. The number of likely N-dealkylation sites (N-methyl/N-ethyl adjacent to an activating group) is 1. The molecule has 1 aliphatic carbocycles. The topological polar surface area (TPSA) is 53.9 Å². The molecule has 1 N–H and O–H groups in total. The first kappa shape index (κ1) is 18.4. The van der Waals surface area contributed by atoms with Gasteiger partial charge in [-0.1, -0.05) is 11.6 Å². The predicted octanol–water partition coefficient (Wildman–Crippen LogP) is 4.16. The van der Waals surface area contributed by atoms with Crippen LogP contribution in [0.25, 0.3) is 0 Å². The smallest absolute Gasteiger partial charge is 0.134 e. The molecule has 3 rings (SSSR count). The van der Waals surface area contributed by atoms with Gasteiger partial charge in [0.1, 0.15) is 17.5 Å². The van der Waals surface area contributed by atoms with Crippen molar-refractivity contribution < 1.29 is 0 Å². The van der Waals surface area contributed by atoms with Crippen molar-refractivity contribution in [3.05, 3.63) is 53.6 Å². The van der Waals surface area contributed by atoms with E-state index in [-0.39, 0.29) is 0 Å². The lowest BCUT2D eigenvalue weighted by molar-refractivity contribution is 0.679. The summed E-state index contributed by atoms with van der Waals surface area (Å²) in [5.41, 5.74) is 2.88. The highest BCUT2D eigenvalue weighted by molar-refractivity contribution is 5.49. The summed E-state index contributed by atoms with van der Waals surface area (Å²) >= 11 is 0. The summed E-state index contributed by atoms with van der Waals surface area (Å²) in [6.45, 7) is 3.80. The molecule has 0 amide bonds. The van der Waals surface area contributed by atoms with E-state index in [1.54, 1.807) is 5.57 Å². The van der Waals surface area contributed by atoms with E-state index in [0.29, 0.717) is 0 Å². The summed E-state index contributed by atoms with van der Waals surface area (Å²) in [4.78, 5) is 15.4. The van der Waals surface area contributed by atoms with Crippen LogP contribution in [-0.2, 0) is 6.42 Å². The van der Waals surface area contributed by atoms with Gasteiger partial charge in [-0.05, 0) is 63.1 Å². The van der Waals surface area contributed by atoms with E-state index < -0.39 is 0 Å². The fraction of sp³-hybridized carbons (Fsp3) is 0.476. The van der Waals surface area contributed by atoms with Crippen molar-refractivity contribution in [2.24, 2.45) is 0 Å². The van der Waals surface area contributed by atoms with Crippen molar-refractivity contribution in [3.63, 3.8) is 0 Å². The highest BCUT2D eigenvalue weighted by Crippen LogP contribution is 2.20. The molecule has 5 nitrogen and oxygen atoms in total. The van der Waals surface area contributed by atoms with Crippen molar-refractivity contribution in [3.8, 4) is 0 Å². The van der Waals surface area contributed by atoms with E-state index in [2.05, 4.69) is 56.5 Å². The normalized spacial score (nSPS) is 14.0. The maximum absolute atomic E-state index is 4.60. The maximum atomic E-state index is 4.60. The minimum Gasteiger partial charge on any atom is -0.370 e. The van der Waals surface area contributed by atoms with Crippen LogP contribution in [0.2, 0.25) is 0 Å². The third-order valence-electron chi connectivity index (χ3n) is 4.84. The monoisotopic (exact) mass is 351 g/mol. The second-order valence-electron chi connectivity index (χ2n) is 6.97. The zero-order chi connectivity index (χ0) is 18.2. The Kier molecular flexibility index (Phi) is 6.58. The zero-order valence-electron chi connectivity index (χ0n) is 15.9. The fourth-order valence-electron chi connectivity index (χ4n) is 3.28. The average molecular weight is 351 g/mol. The molecule has 0 aliphatic heterocycles. The van der Waals surface area contributed by atoms with Crippen LogP contribution in [0.4, 0.5) is 11.6 Å². The molecule has 2 aromatic heterocycles. The molecule has 0 fully saturated rings. The molecule has 0 saturated carbocycles. The number of hydrogen-bond acceptors (Lipinski definition) is 5. The van der Waals surface area contributed by atoms with Crippen molar-refractivity contribution in [2.75, 3.05) is 30.4 Å². The minimum atomic E-state index is 0.803. The molecular formula is C21H29N5. The Morgan fingerprint density at radius 2 is 1.96 bits per heavy atom. The molecule has 0 saturated heterocycles. The van der Waals surface area contributed by atoms with Gasteiger partial charge in [0.05, 0.1) is 0 Å². The van der Waals surface area contributed by atoms with Gasteiger partial charge < -0.3 is 10.2 Å². The SMILES string of the molecule is Cc1nc(NCCC2=CCCCC2)cc(N(C)CCc2ccncc2)n1. The molecule has 5 heteroatoms. The standard InChI is InChI=1S/C21H29N5/c1-17-24-20(23-14-10-18-6-4-3-5-7-18)16-21(25-17)26(2)15-11-19-8-12-22-13-9-19/h6,8-9,12-13,16H,3-5,7,10-11,14-15H2,1-2H3,(H,23,24,25). The predicted molar refractivity (Wildman–Crippen MR) is 108 cm³/mol. The number of nitrogens with zero attached hydrogens (tertiary/aromatic N) is 4. The highest BCUT2D eigenvalue weighted by atomic mass is 15.2. The van der Waals surface area contributed by atoms with Crippen LogP contribution >= 0.6 is 0 Å². The quantitative estimate of drug-likeness (QED) is 0.724. The van der Waals surface area contributed by atoms with Gasteiger partial charge in [-0.2, -0.15) is 0 Å². The summed E-state index contributed by atoms with van der Waals surface area (Å²) in [6.07, 6.45) is 13.4. The van der Waals surface area contributed by atoms with Gasteiger partial charge in [0.15, 0.2) is 0 Å². The van der Waals surface area contributed by atoms with Gasteiger partial charge in [-0.15, -0.1) is 0 Å². The number of nitrogens with one attached hydrogen (secondary N) is 1. The van der Waals surface area contributed by atoms with Crippen LogP contribution in [0.1, 0.15) is 43.5 Å². The number of aryl methyl sites for hydroxylation is 1. The van der Waals surface area contributed by atoms with Crippen molar-refractivity contribution in [2.45, 2.75) is 45.4 Å². The number of anilines is 2. The van der Waals surface area contributed by atoms with Crippen LogP contribution in [0, 0.1) is 6.92 Å². The summed E-state index contributed by atoms with van der Waals surface area (Å²) in [5, 5.41) is 3.47. The lowest BCUT2D eigenvalue weighted by Gasteiger charge is -2.19. The first-order valence-corrected chi connectivity index (χ1v) is 9.58. The second-order valence-corrected chi connectivity index (χ2v) is 6.97. The van der Waals surface area contributed by atoms with Crippen LogP contribution in [-0.4, -0.2) is 35.1 Å². The van der Waals surface area contributed by atoms with Crippen molar-refractivity contribution in [1.82, 2.24) is 15.0 Å². The van der Waals surface area contributed by atoms with Gasteiger partial charge in [0, 0.05) is 38.6 Å². The van der Waals surface area contributed by atoms with E-state index in [1.807, 2.05) is 19.3 Å². The summed E-state index contributed by atoms with van der Waals surface area (Å²) in [5.74, 6) is 2.68. The van der Waals surface area contributed by atoms with Crippen LogP contribution in [0.5, 0.6) is 0 Å². The molecule has 0 bridgehead atoms. The number of pyridine rings is 1. The molecule has 1 aliphatic rings. The summed E-state index contributed by atoms with van der Waals surface area (Å²) in [6, 6.07) is 6.17. The van der Waals surface area contributed by atoms with E-state index in [0.717, 1.165) is 43.4 Å². The van der Waals surface area contributed by atoms with Gasteiger partial charge in [-0.25, -0.2) is 9.97 Å². The van der Waals surface area contributed by atoms with E-state index in [9.17, 15) is 0 Å². The van der Waals surface area contributed by atoms with Gasteiger partial charge in [0.2, 0.25) is 0 Å². The lowest BCUT2D eigenvalue weighted by Crippen LogP contribution is -2.22. The Labute approximate surface area is 156 Å². The van der Waals surface area contributed by atoms with Crippen LogP contribution in [0.3, 0.4) is 0 Å². The van der Waals surface area contributed by atoms with Crippen LogP contribution in [0.15, 0.2) is 42.2 Å². The van der Waals surface area contributed by atoms with Gasteiger partial charge in [-0.3, -0.25) is 4.98 Å². The van der Waals surface area contributed by atoms with Crippen molar-refractivity contribution in [1.29, 1.82) is 0 Å². The fourth-order valence-corrected chi connectivity index (χ4v) is 3.28. The largest absolute Gasteiger partial charge is 0.370 e. The third-order valence-corrected chi connectivity index (χ3v) is 4.84. The Hall–Kier alpha value is -2.43. The lowest BCUT2D eigenvalue weighted by atomic mass is 9.97. The summed E-state index contributed by atoms with van der Waals surface area (Å²) in [7, 11) is 2.08. The molecule has 2 heterocycles. The second kappa shape index (κ2) is 9.32. The molecule has 138 valence electrons. The number of rotatable bonds is 8. The van der Waals surface area contributed by atoms with Gasteiger partial charge >= 0.3 is 0 Å². The molecule has 0 spiro atoms.